The molecular formula is C13H27NO3Si. The number of hydrogen-bond acceptors (Lipinski definition) is 3. The number of rotatable bonds is 8. The molecule has 106 valence electrons. The average Bonchev–Trinajstić information content (AvgIpc) is 2.38. The highest BCUT2D eigenvalue weighted by atomic mass is 28.4. The molecule has 0 spiro atoms. The molecule has 0 saturated heterocycles. The van der Waals surface area contributed by atoms with Crippen molar-refractivity contribution in [3.63, 3.8) is 0 Å². The van der Waals surface area contributed by atoms with E-state index in [0.29, 0.717) is 25.4 Å². The Bertz CT molecular complexity index is 238. The molecule has 0 bridgehead atoms. The van der Waals surface area contributed by atoms with E-state index in [1.165, 1.54) is 19.3 Å². The molecule has 0 unspecified atom stereocenters. The van der Waals surface area contributed by atoms with Gasteiger partial charge in [-0.25, -0.2) is 0 Å². The zero-order chi connectivity index (χ0) is 13.4. The van der Waals surface area contributed by atoms with Crippen molar-refractivity contribution >= 4 is 15.0 Å². The summed E-state index contributed by atoms with van der Waals surface area (Å²) in [6.45, 7) is 7.33. The van der Waals surface area contributed by atoms with Crippen molar-refractivity contribution in [2.24, 2.45) is 0 Å². The maximum absolute atomic E-state index is 11.3. The van der Waals surface area contributed by atoms with E-state index in [2.05, 4.69) is 6.55 Å². The zero-order valence-corrected chi connectivity index (χ0v) is 13.0. The van der Waals surface area contributed by atoms with Crippen molar-refractivity contribution in [1.29, 1.82) is 0 Å². The Morgan fingerprint density at radius 2 is 1.72 bits per heavy atom. The van der Waals surface area contributed by atoms with Gasteiger partial charge in [-0.05, 0) is 33.2 Å². The highest BCUT2D eigenvalue weighted by molar-refractivity contribution is 6.66. The third-order valence-electron chi connectivity index (χ3n) is 3.55. The standard InChI is InChI=1S/C13H27NO3Si/c1-4-16-18(3,17-5-2)12-14(11-15)13-9-7-6-8-10-13/h11,13H,4-10,12H2,1-3H3. The molecule has 0 aromatic heterocycles. The molecule has 1 fully saturated rings. The number of carbonyl (C=O) groups excluding carboxylic acids is 1. The highest BCUT2D eigenvalue weighted by Gasteiger charge is 2.35. The van der Waals surface area contributed by atoms with Crippen molar-refractivity contribution in [3.05, 3.63) is 0 Å². The molecule has 0 aliphatic heterocycles. The molecule has 1 amide bonds. The minimum Gasteiger partial charge on any atom is -0.394 e. The maximum Gasteiger partial charge on any atom is 0.355 e. The quantitative estimate of drug-likeness (QED) is 0.504. The lowest BCUT2D eigenvalue weighted by Gasteiger charge is -2.36. The average molecular weight is 273 g/mol. The van der Waals surface area contributed by atoms with E-state index in [1.54, 1.807) is 0 Å². The van der Waals surface area contributed by atoms with Gasteiger partial charge in [0, 0.05) is 19.3 Å². The molecule has 5 heteroatoms. The molecule has 0 aromatic rings. The van der Waals surface area contributed by atoms with Crippen LogP contribution in [0.2, 0.25) is 6.55 Å². The second kappa shape index (κ2) is 7.91. The topological polar surface area (TPSA) is 38.8 Å². The van der Waals surface area contributed by atoms with Crippen LogP contribution >= 0.6 is 0 Å². The summed E-state index contributed by atoms with van der Waals surface area (Å²) < 4.78 is 11.6. The van der Waals surface area contributed by atoms with Gasteiger partial charge in [0.15, 0.2) is 0 Å². The fourth-order valence-corrected chi connectivity index (χ4v) is 5.22. The van der Waals surface area contributed by atoms with E-state index < -0.39 is 8.56 Å². The second-order valence-corrected chi connectivity index (χ2v) is 8.23. The lowest BCUT2D eigenvalue weighted by atomic mass is 9.95. The lowest BCUT2D eigenvalue weighted by molar-refractivity contribution is -0.120. The van der Waals surface area contributed by atoms with Gasteiger partial charge in [-0.3, -0.25) is 4.79 Å². The van der Waals surface area contributed by atoms with E-state index >= 15 is 0 Å². The molecule has 0 heterocycles. The van der Waals surface area contributed by atoms with Crippen molar-refractivity contribution in [2.75, 3.05) is 19.4 Å². The number of carbonyl (C=O) groups is 1. The third kappa shape index (κ3) is 4.70. The van der Waals surface area contributed by atoms with Gasteiger partial charge < -0.3 is 13.8 Å². The molecule has 1 rings (SSSR count). The first-order valence-electron chi connectivity index (χ1n) is 7.14. The SMILES string of the molecule is CCO[Si](C)(CN(C=O)C1CCCCC1)OCC. The maximum atomic E-state index is 11.3. The molecule has 0 atom stereocenters. The Hall–Kier alpha value is -0.393. The van der Waals surface area contributed by atoms with Gasteiger partial charge in [0.2, 0.25) is 6.41 Å². The Kier molecular flexibility index (Phi) is 6.89. The van der Waals surface area contributed by atoms with Crippen LogP contribution in [0.4, 0.5) is 0 Å². The summed E-state index contributed by atoms with van der Waals surface area (Å²) in [6, 6.07) is 0.393. The summed E-state index contributed by atoms with van der Waals surface area (Å²) in [5, 5.41) is 0. The summed E-state index contributed by atoms with van der Waals surface area (Å²) in [4.78, 5) is 13.3. The highest BCUT2D eigenvalue weighted by Crippen LogP contribution is 2.23. The van der Waals surface area contributed by atoms with Gasteiger partial charge in [0.1, 0.15) is 0 Å². The van der Waals surface area contributed by atoms with Gasteiger partial charge in [-0.2, -0.15) is 0 Å². The smallest absolute Gasteiger partial charge is 0.355 e. The zero-order valence-electron chi connectivity index (χ0n) is 12.0. The minimum atomic E-state index is -2.22. The third-order valence-corrected chi connectivity index (χ3v) is 6.29. The van der Waals surface area contributed by atoms with Crippen molar-refractivity contribution in [2.45, 2.75) is 58.5 Å². The fourth-order valence-electron chi connectivity index (χ4n) is 2.74. The summed E-state index contributed by atoms with van der Waals surface area (Å²) in [5.74, 6) is 0. The predicted octanol–water partition coefficient (Wildman–Crippen LogP) is 2.46. The van der Waals surface area contributed by atoms with Gasteiger partial charge >= 0.3 is 8.56 Å². The molecule has 0 aromatic carbocycles. The molecule has 1 aliphatic carbocycles. The molecular weight excluding hydrogens is 246 g/mol. The van der Waals surface area contributed by atoms with Crippen LogP contribution in [-0.4, -0.2) is 45.3 Å². The number of hydrogen-bond donors (Lipinski definition) is 0. The second-order valence-electron chi connectivity index (χ2n) is 5.07. The van der Waals surface area contributed by atoms with E-state index in [-0.39, 0.29) is 0 Å². The minimum absolute atomic E-state index is 0.393. The van der Waals surface area contributed by atoms with Gasteiger partial charge in [-0.15, -0.1) is 0 Å². The van der Waals surface area contributed by atoms with E-state index in [0.717, 1.165) is 19.3 Å². The number of amides is 1. The Balaban J connectivity index is 2.60. The molecule has 18 heavy (non-hydrogen) atoms. The van der Waals surface area contributed by atoms with Gasteiger partial charge in [0.05, 0.1) is 6.17 Å². The van der Waals surface area contributed by atoms with Crippen molar-refractivity contribution < 1.29 is 13.6 Å². The van der Waals surface area contributed by atoms with Crippen LogP contribution in [0.15, 0.2) is 0 Å². The van der Waals surface area contributed by atoms with E-state index in [1.807, 2.05) is 18.7 Å². The summed E-state index contributed by atoms with van der Waals surface area (Å²) >= 11 is 0. The van der Waals surface area contributed by atoms with Crippen LogP contribution in [-0.2, 0) is 13.6 Å². The Labute approximate surface area is 112 Å². The summed E-state index contributed by atoms with van der Waals surface area (Å²) in [6.07, 6.45) is 7.66. The van der Waals surface area contributed by atoms with Crippen LogP contribution in [0, 0.1) is 0 Å². The fraction of sp³-hybridized carbons (Fsp3) is 0.923. The van der Waals surface area contributed by atoms with Crippen LogP contribution in [0.1, 0.15) is 46.0 Å². The largest absolute Gasteiger partial charge is 0.394 e. The Morgan fingerprint density at radius 3 is 2.17 bits per heavy atom. The number of nitrogens with zero attached hydrogens (tertiary/aromatic N) is 1. The molecule has 0 radical (unpaired) electrons. The van der Waals surface area contributed by atoms with Crippen molar-refractivity contribution in [3.8, 4) is 0 Å². The Morgan fingerprint density at radius 1 is 1.17 bits per heavy atom. The first-order chi connectivity index (χ1) is 8.65. The molecule has 1 saturated carbocycles. The summed E-state index contributed by atoms with van der Waals surface area (Å²) in [7, 11) is -2.22. The van der Waals surface area contributed by atoms with Crippen LogP contribution in [0.3, 0.4) is 0 Å². The van der Waals surface area contributed by atoms with Crippen LogP contribution < -0.4 is 0 Å². The first kappa shape index (κ1) is 15.7. The van der Waals surface area contributed by atoms with Crippen LogP contribution in [0.5, 0.6) is 0 Å². The van der Waals surface area contributed by atoms with Crippen molar-refractivity contribution in [1.82, 2.24) is 4.90 Å². The molecule has 4 nitrogen and oxygen atoms in total. The van der Waals surface area contributed by atoms with Gasteiger partial charge in [0.25, 0.3) is 0 Å². The van der Waals surface area contributed by atoms with E-state index in [4.69, 9.17) is 8.85 Å². The predicted molar refractivity (Wildman–Crippen MR) is 74.5 cm³/mol. The first-order valence-corrected chi connectivity index (χ1v) is 9.66. The molecule has 1 aliphatic rings. The van der Waals surface area contributed by atoms with Crippen LogP contribution in [0.25, 0.3) is 0 Å². The van der Waals surface area contributed by atoms with Gasteiger partial charge in [-0.1, -0.05) is 19.3 Å². The van der Waals surface area contributed by atoms with E-state index in [9.17, 15) is 4.79 Å². The monoisotopic (exact) mass is 273 g/mol. The normalized spacial score (nSPS) is 17.7. The summed E-state index contributed by atoms with van der Waals surface area (Å²) in [5.41, 5.74) is 0. The molecule has 0 N–H and O–H groups in total. The lowest BCUT2D eigenvalue weighted by Crippen LogP contribution is -2.53.